The maximum absolute atomic E-state index is 10.3. The second-order valence-electron chi connectivity index (χ2n) is 1.74. The molecule has 0 amide bonds. The minimum absolute atomic E-state index is 0. The van der Waals surface area contributed by atoms with Gasteiger partial charge in [0, 0.05) is 6.42 Å². The van der Waals surface area contributed by atoms with E-state index in [0.29, 0.717) is 13.0 Å². The molecule has 0 aromatic rings. The lowest BCUT2D eigenvalue weighted by Gasteiger charge is -1.94. The lowest BCUT2D eigenvalue weighted by atomic mass is 10.2. The smallest absolute Gasteiger partial charge is 0.324 e. The molecule has 0 radical (unpaired) electrons. The third-order valence-corrected chi connectivity index (χ3v) is 0.966. The normalized spacial score (nSPS) is 8.20. The lowest BCUT2D eigenvalue weighted by molar-refractivity contribution is -0.144. The van der Waals surface area contributed by atoms with Gasteiger partial charge in [0.25, 0.3) is 0 Å². The number of unbranched alkanes of at least 4 members (excludes halogenated alkanes) is 1. The summed E-state index contributed by atoms with van der Waals surface area (Å²) in [7, 11) is 0. The van der Waals surface area contributed by atoms with Gasteiger partial charge in [-0.15, -0.1) is 12.4 Å². The van der Waals surface area contributed by atoms with E-state index in [0.717, 1.165) is 12.8 Å². The largest absolute Gasteiger partial charge is 0.373 e. The van der Waals surface area contributed by atoms with Gasteiger partial charge in [0.1, 0.15) is 0 Å². The number of rotatable bonds is 4. The molecule has 0 fully saturated rings. The number of halogens is 1. The van der Waals surface area contributed by atoms with Crippen LogP contribution in [0.2, 0.25) is 0 Å². The van der Waals surface area contributed by atoms with Crippen LogP contribution in [0.3, 0.4) is 0 Å². The van der Waals surface area contributed by atoms with Crippen molar-refractivity contribution in [3.63, 3.8) is 0 Å². The van der Waals surface area contributed by atoms with Gasteiger partial charge in [-0.1, -0.05) is 0 Å². The van der Waals surface area contributed by atoms with Crippen molar-refractivity contribution in [2.45, 2.75) is 19.3 Å². The number of hydrogen-bond donors (Lipinski definition) is 2. The van der Waals surface area contributed by atoms with Gasteiger partial charge in [-0.25, -0.2) is 0 Å². The second kappa shape index (κ2) is 8.68. The van der Waals surface area contributed by atoms with E-state index in [1.807, 2.05) is 0 Å². The van der Waals surface area contributed by atoms with Crippen LogP contribution in [-0.4, -0.2) is 12.5 Å². The van der Waals surface area contributed by atoms with Gasteiger partial charge in [0.15, 0.2) is 0 Å². The van der Waals surface area contributed by atoms with Crippen LogP contribution in [0.15, 0.2) is 0 Å². The quantitative estimate of drug-likeness (QED) is 0.456. The van der Waals surface area contributed by atoms with Crippen LogP contribution in [-0.2, 0) is 9.63 Å². The fourth-order valence-electron chi connectivity index (χ4n) is 0.473. The average molecular weight is 169 g/mol. The lowest BCUT2D eigenvalue weighted by Crippen LogP contribution is -2.10. The average Bonchev–Trinajstić information content (AvgIpc) is 1.89. The Kier molecular flexibility index (Phi) is 10.7. The van der Waals surface area contributed by atoms with Crippen molar-refractivity contribution in [2.75, 3.05) is 6.54 Å². The topological polar surface area (TPSA) is 78.3 Å². The summed E-state index contributed by atoms with van der Waals surface area (Å²) >= 11 is 0. The van der Waals surface area contributed by atoms with Crippen LogP contribution in [0, 0.1) is 0 Å². The SMILES string of the molecule is Cl.NCCCCC(=O)ON. The van der Waals surface area contributed by atoms with E-state index >= 15 is 0 Å². The molecule has 0 aliphatic heterocycles. The van der Waals surface area contributed by atoms with Crippen LogP contribution >= 0.6 is 12.4 Å². The Morgan fingerprint density at radius 2 is 2.00 bits per heavy atom. The summed E-state index contributed by atoms with van der Waals surface area (Å²) in [5.41, 5.74) is 5.17. The van der Waals surface area contributed by atoms with Gasteiger partial charge in [0.2, 0.25) is 0 Å². The molecule has 0 rings (SSSR count). The van der Waals surface area contributed by atoms with Crippen LogP contribution < -0.4 is 11.6 Å². The molecule has 0 saturated heterocycles. The summed E-state index contributed by atoms with van der Waals surface area (Å²) in [5, 5.41) is 0. The summed E-state index contributed by atoms with van der Waals surface area (Å²) in [6.07, 6.45) is 1.97. The molecular weight excluding hydrogens is 156 g/mol. The molecule has 4 N–H and O–H groups in total. The molecule has 0 aromatic heterocycles. The minimum Gasteiger partial charge on any atom is -0.373 e. The number of carbonyl (C=O) groups excluding carboxylic acids is 1. The zero-order valence-electron chi connectivity index (χ0n) is 5.71. The van der Waals surface area contributed by atoms with Gasteiger partial charge in [-0.2, -0.15) is 5.90 Å². The third-order valence-electron chi connectivity index (χ3n) is 0.966. The Morgan fingerprint density at radius 3 is 2.40 bits per heavy atom. The van der Waals surface area contributed by atoms with Gasteiger partial charge in [0.05, 0.1) is 0 Å². The summed E-state index contributed by atoms with van der Waals surface area (Å²) in [5.74, 6) is 4.20. The van der Waals surface area contributed by atoms with E-state index in [4.69, 9.17) is 5.73 Å². The Balaban J connectivity index is 0. The molecule has 0 spiro atoms. The Hall–Kier alpha value is -0.320. The first-order chi connectivity index (χ1) is 4.31. The molecule has 0 heterocycles. The second-order valence-corrected chi connectivity index (χ2v) is 1.74. The van der Waals surface area contributed by atoms with Crippen LogP contribution in [0.5, 0.6) is 0 Å². The highest BCUT2D eigenvalue weighted by Crippen LogP contribution is 1.93. The first-order valence-electron chi connectivity index (χ1n) is 2.91. The zero-order chi connectivity index (χ0) is 7.11. The van der Waals surface area contributed by atoms with Gasteiger partial charge < -0.3 is 10.6 Å². The number of hydrogen-bond acceptors (Lipinski definition) is 4. The van der Waals surface area contributed by atoms with Gasteiger partial charge in [-0.3, -0.25) is 4.79 Å². The standard InChI is InChI=1S/C5H12N2O2.ClH/c6-4-2-1-3-5(8)9-7;/h1-4,6-7H2;1H. The first kappa shape index (κ1) is 12.4. The predicted molar refractivity (Wildman–Crippen MR) is 40.4 cm³/mol. The molecule has 0 aromatic carbocycles. The van der Waals surface area contributed by atoms with Crippen molar-refractivity contribution >= 4 is 18.4 Å². The Bertz CT molecular complexity index is 89.7. The predicted octanol–water partition coefficient (Wildman–Crippen LogP) is -0.0459. The first-order valence-corrected chi connectivity index (χ1v) is 2.91. The van der Waals surface area contributed by atoms with E-state index in [1.54, 1.807) is 0 Å². The molecule has 0 unspecified atom stereocenters. The number of nitrogens with two attached hydrogens (primary N) is 2. The van der Waals surface area contributed by atoms with Crippen LogP contribution in [0.25, 0.3) is 0 Å². The third kappa shape index (κ3) is 7.68. The van der Waals surface area contributed by atoms with Crippen molar-refractivity contribution in [1.82, 2.24) is 0 Å². The Morgan fingerprint density at radius 1 is 1.40 bits per heavy atom. The molecule has 0 aliphatic carbocycles. The van der Waals surface area contributed by atoms with Crippen LogP contribution in [0.4, 0.5) is 0 Å². The molecule has 0 saturated carbocycles. The summed E-state index contributed by atoms with van der Waals surface area (Å²) in [4.78, 5) is 14.2. The highest BCUT2D eigenvalue weighted by molar-refractivity contribution is 5.85. The van der Waals surface area contributed by atoms with Crippen molar-refractivity contribution in [3.05, 3.63) is 0 Å². The molecule has 5 heteroatoms. The molecule has 10 heavy (non-hydrogen) atoms. The maximum Gasteiger partial charge on any atom is 0.324 e. The summed E-state index contributed by atoms with van der Waals surface area (Å²) < 4.78 is 0. The molecule has 4 nitrogen and oxygen atoms in total. The van der Waals surface area contributed by atoms with Gasteiger partial charge >= 0.3 is 5.97 Å². The molecule has 0 aliphatic rings. The summed E-state index contributed by atoms with van der Waals surface area (Å²) in [6, 6.07) is 0. The fourth-order valence-corrected chi connectivity index (χ4v) is 0.473. The van der Waals surface area contributed by atoms with Gasteiger partial charge in [-0.05, 0) is 19.4 Å². The van der Waals surface area contributed by atoms with E-state index < -0.39 is 0 Å². The maximum atomic E-state index is 10.3. The monoisotopic (exact) mass is 168 g/mol. The van der Waals surface area contributed by atoms with Crippen molar-refractivity contribution in [1.29, 1.82) is 0 Å². The highest BCUT2D eigenvalue weighted by atomic mass is 35.5. The van der Waals surface area contributed by atoms with Crippen LogP contribution in [0.1, 0.15) is 19.3 Å². The van der Waals surface area contributed by atoms with E-state index in [-0.39, 0.29) is 18.4 Å². The molecule has 0 bridgehead atoms. The van der Waals surface area contributed by atoms with Crippen molar-refractivity contribution in [3.8, 4) is 0 Å². The molecular formula is C5H13ClN2O2. The van der Waals surface area contributed by atoms with E-state index in [9.17, 15) is 4.79 Å². The minimum atomic E-state index is -0.372. The zero-order valence-corrected chi connectivity index (χ0v) is 6.52. The Labute approximate surface area is 66.3 Å². The molecule has 0 atom stereocenters. The highest BCUT2D eigenvalue weighted by Gasteiger charge is 1.97. The van der Waals surface area contributed by atoms with Crippen molar-refractivity contribution in [2.24, 2.45) is 11.6 Å². The van der Waals surface area contributed by atoms with E-state index in [1.165, 1.54) is 0 Å². The van der Waals surface area contributed by atoms with E-state index in [2.05, 4.69) is 10.7 Å². The fraction of sp³-hybridized carbons (Fsp3) is 0.800. The number of carbonyl (C=O) groups is 1. The van der Waals surface area contributed by atoms with Crippen molar-refractivity contribution < 1.29 is 9.63 Å². The summed E-state index contributed by atoms with van der Waals surface area (Å²) in [6.45, 7) is 0.609. The molecule has 62 valence electrons.